The van der Waals surface area contributed by atoms with Crippen molar-refractivity contribution in [3.05, 3.63) is 78.9 Å². The standard InChI is InChI=1S/C30H30O/c1-2-3-4-5-6-9-14-31-30-13-12-24-17-27-18-25-15-22-10-7-8-11-23(22)16-26(25)19-28(27)20-29(24)21-30/h7-8,10-13,15-21H,2-6,9,14H2,1H3. The van der Waals surface area contributed by atoms with Crippen LogP contribution in [0.15, 0.2) is 78.9 Å². The van der Waals surface area contributed by atoms with Crippen molar-refractivity contribution in [1.29, 1.82) is 0 Å². The van der Waals surface area contributed by atoms with E-state index in [2.05, 4.69) is 85.8 Å². The lowest BCUT2D eigenvalue weighted by molar-refractivity contribution is 0.305. The van der Waals surface area contributed by atoms with Gasteiger partial charge < -0.3 is 4.74 Å². The van der Waals surface area contributed by atoms with Gasteiger partial charge in [-0.05, 0) is 98.0 Å². The summed E-state index contributed by atoms with van der Waals surface area (Å²) in [7, 11) is 0. The van der Waals surface area contributed by atoms with Crippen molar-refractivity contribution in [2.24, 2.45) is 0 Å². The van der Waals surface area contributed by atoms with Crippen LogP contribution in [0.2, 0.25) is 0 Å². The minimum absolute atomic E-state index is 0.808. The highest BCUT2D eigenvalue weighted by Crippen LogP contribution is 2.31. The molecule has 0 saturated carbocycles. The van der Waals surface area contributed by atoms with Crippen LogP contribution in [0, 0.1) is 0 Å². The van der Waals surface area contributed by atoms with Gasteiger partial charge in [-0.25, -0.2) is 0 Å². The first-order chi connectivity index (χ1) is 15.3. The zero-order valence-electron chi connectivity index (χ0n) is 18.4. The second-order valence-electron chi connectivity index (χ2n) is 8.72. The van der Waals surface area contributed by atoms with Crippen molar-refractivity contribution in [2.75, 3.05) is 6.61 Å². The first-order valence-corrected chi connectivity index (χ1v) is 11.7. The molecule has 5 aromatic carbocycles. The van der Waals surface area contributed by atoms with Crippen LogP contribution < -0.4 is 4.74 Å². The van der Waals surface area contributed by atoms with Crippen LogP contribution in [0.5, 0.6) is 5.75 Å². The smallest absolute Gasteiger partial charge is 0.119 e. The number of hydrogen-bond acceptors (Lipinski definition) is 1. The largest absolute Gasteiger partial charge is 0.494 e. The van der Waals surface area contributed by atoms with Crippen LogP contribution in [-0.2, 0) is 0 Å². The van der Waals surface area contributed by atoms with Gasteiger partial charge in [-0.3, -0.25) is 0 Å². The highest BCUT2D eigenvalue weighted by Gasteiger charge is 2.05. The SMILES string of the molecule is CCCCCCCCOc1ccc2cc3cc4cc5ccccc5cc4cc3cc2c1. The Bertz CT molecular complexity index is 1350. The minimum Gasteiger partial charge on any atom is -0.494 e. The molecular formula is C30H30O. The van der Waals surface area contributed by atoms with Gasteiger partial charge in [-0.15, -0.1) is 0 Å². The van der Waals surface area contributed by atoms with Gasteiger partial charge in [0, 0.05) is 0 Å². The Morgan fingerprint density at radius 3 is 1.58 bits per heavy atom. The molecule has 5 rings (SSSR count). The Labute approximate surface area is 184 Å². The molecule has 0 saturated heterocycles. The van der Waals surface area contributed by atoms with E-state index in [4.69, 9.17) is 4.74 Å². The summed E-state index contributed by atoms with van der Waals surface area (Å²) in [6, 6.07) is 28.9. The summed E-state index contributed by atoms with van der Waals surface area (Å²) < 4.78 is 6.05. The Morgan fingerprint density at radius 1 is 0.484 bits per heavy atom. The monoisotopic (exact) mass is 406 g/mol. The van der Waals surface area contributed by atoms with Crippen LogP contribution in [-0.4, -0.2) is 6.61 Å². The van der Waals surface area contributed by atoms with Gasteiger partial charge in [-0.1, -0.05) is 69.4 Å². The van der Waals surface area contributed by atoms with E-state index in [0.29, 0.717) is 0 Å². The van der Waals surface area contributed by atoms with Crippen molar-refractivity contribution in [1.82, 2.24) is 0 Å². The first kappa shape index (κ1) is 19.9. The first-order valence-electron chi connectivity index (χ1n) is 11.7. The van der Waals surface area contributed by atoms with Crippen LogP contribution in [0.4, 0.5) is 0 Å². The molecule has 0 atom stereocenters. The van der Waals surface area contributed by atoms with E-state index in [1.165, 1.54) is 75.2 Å². The molecule has 1 heteroatoms. The van der Waals surface area contributed by atoms with E-state index >= 15 is 0 Å². The normalized spacial score (nSPS) is 11.6. The molecule has 0 spiro atoms. The van der Waals surface area contributed by atoms with E-state index in [-0.39, 0.29) is 0 Å². The molecule has 0 aliphatic rings. The van der Waals surface area contributed by atoms with E-state index in [1.54, 1.807) is 0 Å². The quantitative estimate of drug-likeness (QED) is 0.184. The summed E-state index contributed by atoms with van der Waals surface area (Å²) in [5, 5.41) is 10.3. The van der Waals surface area contributed by atoms with E-state index in [1.807, 2.05) is 0 Å². The third-order valence-corrected chi connectivity index (χ3v) is 6.35. The summed E-state index contributed by atoms with van der Waals surface area (Å²) in [5.74, 6) is 0.979. The molecule has 0 amide bonds. The third-order valence-electron chi connectivity index (χ3n) is 6.35. The highest BCUT2D eigenvalue weighted by atomic mass is 16.5. The molecule has 0 bridgehead atoms. The maximum absolute atomic E-state index is 6.05. The molecule has 1 nitrogen and oxygen atoms in total. The van der Waals surface area contributed by atoms with Crippen molar-refractivity contribution >= 4 is 43.1 Å². The van der Waals surface area contributed by atoms with E-state index < -0.39 is 0 Å². The van der Waals surface area contributed by atoms with Crippen LogP contribution in [0.1, 0.15) is 45.4 Å². The topological polar surface area (TPSA) is 9.23 Å². The second-order valence-corrected chi connectivity index (χ2v) is 8.72. The van der Waals surface area contributed by atoms with Crippen molar-refractivity contribution in [3.8, 4) is 5.75 Å². The zero-order chi connectivity index (χ0) is 21.0. The number of rotatable bonds is 8. The van der Waals surface area contributed by atoms with Crippen molar-refractivity contribution in [3.63, 3.8) is 0 Å². The summed E-state index contributed by atoms with van der Waals surface area (Å²) in [4.78, 5) is 0. The summed E-state index contributed by atoms with van der Waals surface area (Å²) in [5.41, 5.74) is 0. The fourth-order valence-electron chi connectivity index (χ4n) is 4.58. The lowest BCUT2D eigenvalue weighted by Gasteiger charge is -2.10. The average Bonchev–Trinajstić information content (AvgIpc) is 2.79. The van der Waals surface area contributed by atoms with Gasteiger partial charge in [0.2, 0.25) is 0 Å². The lowest BCUT2D eigenvalue weighted by atomic mass is 9.97. The van der Waals surface area contributed by atoms with Gasteiger partial charge in [0.05, 0.1) is 6.61 Å². The molecule has 0 radical (unpaired) electrons. The lowest BCUT2D eigenvalue weighted by Crippen LogP contribution is -1.97. The van der Waals surface area contributed by atoms with Gasteiger partial charge in [0.25, 0.3) is 0 Å². The summed E-state index contributed by atoms with van der Waals surface area (Å²) in [6.45, 7) is 3.07. The predicted molar refractivity (Wildman–Crippen MR) is 135 cm³/mol. The zero-order valence-corrected chi connectivity index (χ0v) is 18.4. The summed E-state index contributed by atoms with van der Waals surface area (Å²) in [6.07, 6.45) is 7.73. The van der Waals surface area contributed by atoms with Crippen LogP contribution in [0.25, 0.3) is 43.1 Å². The maximum atomic E-state index is 6.05. The maximum Gasteiger partial charge on any atom is 0.119 e. The molecule has 0 N–H and O–H groups in total. The molecule has 0 aliphatic heterocycles. The number of hydrogen-bond donors (Lipinski definition) is 0. The fourth-order valence-corrected chi connectivity index (χ4v) is 4.58. The molecule has 156 valence electrons. The number of fused-ring (bicyclic) bond motifs is 4. The van der Waals surface area contributed by atoms with Gasteiger partial charge >= 0.3 is 0 Å². The number of benzene rings is 5. The minimum atomic E-state index is 0.808. The van der Waals surface area contributed by atoms with Gasteiger partial charge in [0.1, 0.15) is 5.75 Å². The van der Waals surface area contributed by atoms with Gasteiger partial charge in [0.15, 0.2) is 0 Å². The predicted octanol–water partition coefficient (Wildman–Crippen LogP) is 9.04. The van der Waals surface area contributed by atoms with E-state index in [9.17, 15) is 0 Å². The molecule has 5 aromatic rings. The number of ether oxygens (including phenoxy) is 1. The van der Waals surface area contributed by atoms with Crippen molar-refractivity contribution in [2.45, 2.75) is 45.4 Å². The van der Waals surface area contributed by atoms with Crippen LogP contribution in [0.3, 0.4) is 0 Å². The highest BCUT2D eigenvalue weighted by molar-refractivity contribution is 6.08. The Morgan fingerprint density at radius 2 is 0.968 bits per heavy atom. The Balaban J connectivity index is 1.39. The summed E-state index contributed by atoms with van der Waals surface area (Å²) >= 11 is 0. The molecular weight excluding hydrogens is 376 g/mol. The van der Waals surface area contributed by atoms with Crippen molar-refractivity contribution < 1.29 is 4.74 Å². The molecule has 0 fully saturated rings. The third kappa shape index (κ3) is 4.37. The van der Waals surface area contributed by atoms with Gasteiger partial charge in [-0.2, -0.15) is 0 Å². The number of unbranched alkanes of at least 4 members (excludes halogenated alkanes) is 5. The second kappa shape index (κ2) is 8.98. The molecule has 0 aromatic heterocycles. The van der Waals surface area contributed by atoms with E-state index in [0.717, 1.165) is 18.8 Å². The molecule has 0 aliphatic carbocycles. The average molecular weight is 407 g/mol. The Hall–Kier alpha value is -3.06. The van der Waals surface area contributed by atoms with Crippen LogP contribution >= 0.6 is 0 Å². The Kier molecular flexibility index (Phi) is 5.76. The fraction of sp³-hybridized carbons (Fsp3) is 0.267. The molecule has 0 heterocycles. The molecule has 0 unspecified atom stereocenters. The molecule has 31 heavy (non-hydrogen) atoms.